The summed E-state index contributed by atoms with van der Waals surface area (Å²) in [7, 11) is 0. The first kappa shape index (κ1) is 56.4. The molecule has 0 amide bonds. The molecule has 0 radical (unpaired) electrons. The lowest BCUT2D eigenvalue weighted by molar-refractivity contribution is -0.167. The maximum Gasteiger partial charge on any atom is 0.306 e. The summed E-state index contributed by atoms with van der Waals surface area (Å²) in [6, 6.07) is 0. The highest BCUT2D eigenvalue weighted by molar-refractivity contribution is 5.71. The molecule has 0 bridgehead atoms. The zero-order valence-corrected chi connectivity index (χ0v) is 39.8. The van der Waals surface area contributed by atoms with Gasteiger partial charge in [0.1, 0.15) is 13.2 Å². The summed E-state index contributed by atoms with van der Waals surface area (Å²) in [4.78, 5) is 37.9. The summed E-state index contributed by atoms with van der Waals surface area (Å²) in [5, 5.41) is 0. The van der Waals surface area contributed by atoms with E-state index in [-0.39, 0.29) is 31.1 Å². The Balaban J connectivity index is 4.33. The van der Waals surface area contributed by atoms with E-state index in [0.29, 0.717) is 19.3 Å². The van der Waals surface area contributed by atoms with Gasteiger partial charge in [0.15, 0.2) is 6.10 Å². The third kappa shape index (κ3) is 44.0. The number of unbranched alkanes of at least 4 members (excludes halogenated alkanes) is 27. The number of hydrogen-bond acceptors (Lipinski definition) is 6. The Morgan fingerprint density at radius 3 is 0.897 bits per heavy atom. The van der Waals surface area contributed by atoms with E-state index in [4.69, 9.17) is 14.2 Å². The molecule has 0 aromatic heterocycles. The van der Waals surface area contributed by atoms with E-state index in [0.717, 1.165) is 75.5 Å². The maximum atomic E-state index is 12.8. The van der Waals surface area contributed by atoms with Gasteiger partial charge < -0.3 is 14.2 Å². The Kier molecular flexibility index (Phi) is 42.3. The monoisotopic (exact) mass is 821 g/mol. The van der Waals surface area contributed by atoms with Gasteiger partial charge in [0, 0.05) is 19.3 Å². The fraction of sp³-hybridized carbons (Fsp3) is 0.942. The van der Waals surface area contributed by atoms with Gasteiger partial charge in [-0.15, -0.1) is 0 Å². The third-order valence-electron chi connectivity index (χ3n) is 12.0. The molecule has 0 aromatic rings. The van der Waals surface area contributed by atoms with Crippen LogP contribution in [0, 0.1) is 17.8 Å². The number of carbonyl (C=O) groups excluding carboxylic acids is 3. The molecular formula is C52H100O6. The Morgan fingerprint density at radius 2 is 0.603 bits per heavy atom. The van der Waals surface area contributed by atoms with E-state index in [1.165, 1.54) is 161 Å². The van der Waals surface area contributed by atoms with Crippen LogP contribution >= 0.6 is 0 Å². The lowest BCUT2D eigenvalue weighted by Crippen LogP contribution is -2.30. The highest BCUT2D eigenvalue weighted by Gasteiger charge is 2.19. The van der Waals surface area contributed by atoms with E-state index in [1.807, 2.05) is 0 Å². The van der Waals surface area contributed by atoms with Crippen molar-refractivity contribution in [2.24, 2.45) is 17.8 Å². The standard InChI is InChI=1S/C52H100O6/c1-7-48(6)40-34-28-22-16-11-12-18-24-30-36-42-51(54)57-45-49(58-52(55)43-37-31-25-19-13-15-21-27-33-39-47(4)5)44-56-50(53)41-35-29-23-17-10-8-9-14-20-26-32-38-46(2)3/h46-49H,7-45H2,1-6H3/t48?,49-/m0/s1. The zero-order chi connectivity index (χ0) is 42.7. The van der Waals surface area contributed by atoms with Crippen LogP contribution in [0.15, 0.2) is 0 Å². The van der Waals surface area contributed by atoms with Gasteiger partial charge in [-0.2, -0.15) is 0 Å². The predicted octanol–water partition coefficient (Wildman–Crippen LogP) is 16.4. The molecule has 0 saturated carbocycles. The van der Waals surface area contributed by atoms with Crippen LogP contribution in [0.4, 0.5) is 0 Å². The van der Waals surface area contributed by atoms with Crippen molar-refractivity contribution in [2.75, 3.05) is 13.2 Å². The van der Waals surface area contributed by atoms with Gasteiger partial charge in [-0.05, 0) is 37.0 Å². The maximum absolute atomic E-state index is 12.8. The van der Waals surface area contributed by atoms with Crippen LogP contribution in [-0.2, 0) is 28.6 Å². The SMILES string of the molecule is CCC(C)CCCCCCCCCCCCC(=O)OC[C@H](COC(=O)CCCCCCCCCCCCCC(C)C)OC(=O)CCCCCCCCCCCC(C)C. The van der Waals surface area contributed by atoms with Crippen molar-refractivity contribution in [3.8, 4) is 0 Å². The number of esters is 3. The fourth-order valence-corrected chi connectivity index (χ4v) is 7.73. The average molecular weight is 821 g/mol. The van der Waals surface area contributed by atoms with Crippen LogP contribution in [0.3, 0.4) is 0 Å². The summed E-state index contributed by atoms with van der Waals surface area (Å²) in [5.41, 5.74) is 0. The predicted molar refractivity (Wildman–Crippen MR) is 247 cm³/mol. The van der Waals surface area contributed by atoms with Crippen LogP contribution in [0.1, 0.15) is 279 Å². The van der Waals surface area contributed by atoms with Gasteiger partial charge in [0.2, 0.25) is 0 Å². The largest absolute Gasteiger partial charge is 0.462 e. The van der Waals surface area contributed by atoms with Crippen molar-refractivity contribution in [3.63, 3.8) is 0 Å². The minimum Gasteiger partial charge on any atom is -0.462 e. The molecule has 0 aromatic carbocycles. The highest BCUT2D eigenvalue weighted by atomic mass is 16.6. The highest BCUT2D eigenvalue weighted by Crippen LogP contribution is 2.18. The molecule has 1 unspecified atom stereocenters. The molecule has 2 atom stereocenters. The van der Waals surface area contributed by atoms with Crippen LogP contribution < -0.4 is 0 Å². The molecule has 0 aliphatic rings. The van der Waals surface area contributed by atoms with Crippen molar-refractivity contribution in [1.82, 2.24) is 0 Å². The number of carbonyl (C=O) groups is 3. The topological polar surface area (TPSA) is 78.9 Å². The summed E-state index contributed by atoms with van der Waals surface area (Å²) in [6.07, 6.45) is 42.2. The van der Waals surface area contributed by atoms with E-state index < -0.39 is 6.10 Å². The van der Waals surface area contributed by atoms with E-state index in [9.17, 15) is 14.4 Å². The average Bonchev–Trinajstić information content (AvgIpc) is 3.19. The van der Waals surface area contributed by atoms with Crippen molar-refractivity contribution >= 4 is 17.9 Å². The molecule has 0 rings (SSSR count). The summed E-state index contributed by atoms with van der Waals surface area (Å²) in [5.74, 6) is 1.65. The Bertz CT molecular complexity index is 900. The molecule has 344 valence electrons. The summed E-state index contributed by atoms with van der Waals surface area (Å²) < 4.78 is 16.8. The van der Waals surface area contributed by atoms with Gasteiger partial charge in [-0.25, -0.2) is 0 Å². The molecule has 0 N–H and O–H groups in total. The fourth-order valence-electron chi connectivity index (χ4n) is 7.73. The number of hydrogen-bond donors (Lipinski definition) is 0. The first-order valence-corrected chi connectivity index (χ1v) is 25.6. The quantitative estimate of drug-likeness (QED) is 0.0346. The molecule has 0 aliphatic heterocycles. The second kappa shape index (κ2) is 43.5. The van der Waals surface area contributed by atoms with Crippen molar-refractivity contribution in [1.29, 1.82) is 0 Å². The minimum atomic E-state index is -0.763. The van der Waals surface area contributed by atoms with E-state index in [1.54, 1.807) is 0 Å². The molecule has 58 heavy (non-hydrogen) atoms. The molecule has 6 nitrogen and oxygen atoms in total. The first-order valence-electron chi connectivity index (χ1n) is 25.6. The van der Waals surface area contributed by atoms with Crippen molar-refractivity contribution < 1.29 is 28.6 Å². The lowest BCUT2D eigenvalue weighted by atomic mass is 9.99. The van der Waals surface area contributed by atoms with Crippen molar-refractivity contribution in [2.45, 2.75) is 285 Å². The van der Waals surface area contributed by atoms with Gasteiger partial charge in [0.05, 0.1) is 0 Å². The third-order valence-corrected chi connectivity index (χ3v) is 12.0. The summed E-state index contributed by atoms with van der Waals surface area (Å²) in [6.45, 7) is 13.7. The Morgan fingerprint density at radius 1 is 0.345 bits per heavy atom. The second-order valence-electron chi connectivity index (χ2n) is 19.0. The first-order chi connectivity index (χ1) is 28.1. The van der Waals surface area contributed by atoms with Crippen LogP contribution in [0.5, 0.6) is 0 Å². The zero-order valence-electron chi connectivity index (χ0n) is 39.8. The molecule has 0 fully saturated rings. The van der Waals surface area contributed by atoms with Gasteiger partial charge in [0.25, 0.3) is 0 Å². The minimum absolute atomic E-state index is 0.0651. The lowest BCUT2D eigenvalue weighted by Gasteiger charge is -2.18. The van der Waals surface area contributed by atoms with E-state index in [2.05, 4.69) is 41.5 Å². The Labute approximate surface area is 361 Å². The Hall–Kier alpha value is -1.59. The molecule has 0 heterocycles. The van der Waals surface area contributed by atoms with E-state index >= 15 is 0 Å². The molecular weight excluding hydrogens is 721 g/mol. The normalized spacial score (nSPS) is 12.6. The molecule has 0 spiro atoms. The van der Waals surface area contributed by atoms with Crippen LogP contribution in [0.2, 0.25) is 0 Å². The van der Waals surface area contributed by atoms with Gasteiger partial charge >= 0.3 is 17.9 Å². The van der Waals surface area contributed by atoms with Gasteiger partial charge in [-0.3, -0.25) is 14.4 Å². The van der Waals surface area contributed by atoms with Crippen LogP contribution in [0.25, 0.3) is 0 Å². The number of rotatable bonds is 45. The molecule has 6 heteroatoms. The van der Waals surface area contributed by atoms with Crippen molar-refractivity contribution in [3.05, 3.63) is 0 Å². The van der Waals surface area contributed by atoms with Gasteiger partial charge in [-0.1, -0.05) is 241 Å². The smallest absolute Gasteiger partial charge is 0.306 e. The second-order valence-corrected chi connectivity index (χ2v) is 19.0. The molecule has 0 aliphatic carbocycles. The summed E-state index contributed by atoms with van der Waals surface area (Å²) >= 11 is 0. The number of ether oxygens (including phenoxy) is 3. The van der Waals surface area contributed by atoms with Crippen LogP contribution in [-0.4, -0.2) is 37.2 Å². The molecule has 0 saturated heterocycles.